The van der Waals surface area contributed by atoms with Crippen LogP contribution in [0.25, 0.3) is 0 Å². The normalized spacial score (nSPS) is 10.2. The Morgan fingerprint density at radius 1 is 1.44 bits per heavy atom. The van der Waals surface area contributed by atoms with Crippen molar-refractivity contribution in [3.63, 3.8) is 0 Å². The van der Waals surface area contributed by atoms with E-state index in [1.807, 2.05) is 20.8 Å². The van der Waals surface area contributed by atoms with Crippen LogP contribution in [0.2, 0.25) is 0 Å². The largest absolute Gasteiger partial charge is 1.00 e. The van der Waals surface area contributed by atoms with Gasteiger partial charge < -0.3 is 23.9 Å². The SMILES string of the molecule is CCOCn1[c-]c(C(C)C)c(=O)[nH]c1=O.[Li+]. The van der Waals surface area contributed by atoms with Gasteiger partial charge in [-0.15, -0.1) is 0 Å². The molecule has 1 aromatic heterocycles. The van der Waals surface area contributed by atoms with Crippen molar-refractivity contribution in [1.29, 1.82) is 0 Å². The van der Waals surface area contributed by atoms with E-state index in [2.05, 4.69) is 11.2 Å². The van der Waals surface area contributed by atoms with E-state index >= 15 is 0 Å². The Hall–Kier alpha value is -0.763. The summed E-state index contributed by atoms with van der Waals surface area (Å²) in [6, 6.07) is 0. The van der Waals surface area contributed by atoms with Crippen LogP contribution in [0.4, 0.5) is 0 Å². The molecule has 0 amide bonds. The van der Waals surface area contributed by atoms with Gasteiger partial charge in [0.15, 0.2) is 0 Å². The van der Waals surface area contributed by atoms with Crippen LogP contribution < -0.4 is 30.1 Å². The van der Waals surface area contributed by atoms with E-state index in [4.69, 9.17) is 4.74 Å². The van der Waals surface area contributed by atoms with Crippen molar-refractivity contribution < 1.29 is 23.6 Å². The van der Waals surface area contributed by atoms with Crippen molar-refractivity contribution in [2.45, 2.75) is 33.4 Å². The Labute approximate surface area is 106 Å². The zero-order chi connectivity index (χ0) is 11.4. The van der Waals surface area contributed by atoms with E-state index in [9.17, 15) is 9.59 Å². The van der Waals surface area contributed by atoms with E-state index in [-0.39, 0.29) is 37.1 Å². The molecule has 0 aliphatic carbocycles. The van der Waals surface area contributed by atoms with E-state index in [1.165, 1.54) is 4.57 Å². The predicted octanol–water partition coefficient (Wildman–Crippen LogP) is -2.54. The van der Waals surface area contributed by atoms with E-state index < -0.39 is 5.69 Å². The monoisotopic (exact) mass is 218 g/mol. The molecule has 84 valence electrons. The predicted molar refractivity (Wildman–Crippen MR) is 55.9 cm³/mol. The van der Waals surface area contributed by atoms with Crippen molar-refractivity contribution in [3.8, 4) is 0 Å². The van der Waals surface area contributed by atoms with Gasteiger partial charge in [0.05, 0.1) is 0 Å². The van der Waals surface area contributed by atoms with Gasteiger partial charge in [-0.3, -0.25) is 0 Å². The maximum Gasteiger partial charge on any atom is 1.00 e. The van der Waals surface area contributed by atoms with Crippen LogP contribution in [-0.2, 0) is 11.5 Å². The molecule has 1 aromatic rings. The fraction of sp³-hybridized carbons (Fsp3) is 0.600. The van der Waals surface area contributed by atoms with Crippen LogP contribution in [-0.4, -0.2) is 16.2 Å². The Balaban J connectivity index is 0.00000225. The average Bonchev–Trinajstić information content (AvgIpc) is 2.16. The molecular weight excluding hydrogens is 203 g/mol. The molecule has 6 heteroatoms. The number of aromatic amines is 1. The molecule has 16 heavy (non-hydrogen) atoms. The molecule has 0 atom stereocenters. The zero-order valence-corrected chi connectivity index (χ0v) is 10.2. The molecule has 0 aliphatic heterocycles. The summed E-state index contributed by atoms with van der Waals surface area (Å²) >= 11 is 0. The van der Waals surface area contributed by atoms with Gasteiger partial charge in [-0.2, -0.15) is 0 Å². The van der Waals surface area contributed by atoms with Gasteiger partial charge >= 0.3 is 18.9 Å². The number of hydrogen-bond acceptors (Lipinski definition) is 3. The minimum Gasteiger partial charge on any atom is -0.388 e. The second kappa shape index (κ2) is 6.74. The third-order valence-corrected chi connectivity index (χ3v) is 1.97. The molecule has 0 spiro atoms. The van der Waals surface area contributed by atoms with Gasteiger partial charge in [0.25, 0.3) is 0 Å². The second-order valence-electron chi connectivity index (χ2n) is 3.49. The van der Waals surface area contributed by atoms with E-state index in [0.29, 0.717) is 12.2 Å². The molecule has 0 fully saturated rings. The first-order valence-corrected chi connectivity index (χ1v) is 4.90. The first-order valence-electron chi connectivity index (χ1n) is 4.90. The Morgan fingerprint density at radius 2 is 2.06 bits per heavy atom. The Morgan fingerprint density at radius 3 is 2.56 bits per heavy atom. The molecule has 0 saturated heterocycles. The summed E-state index contributed by atoms with van der Waals surface area (Å²) in [6.07, 6.45) is 2.75. The number of rotatable bonds is 4. The minimum atomic E-state index is -0.488. The first-order chi connectivity index (χ1) is 7.06. The van der Waals surface area contributed by atoms with Gasteiger partial charge in [0, 0.05) is 6.61 Å². The fourth-order valence-electron chi connectivity index (χ4n) is 1.14. The summed E-state index contributed by atoms with van der Waals surface area (Å²) in [7, 11) is 0. The van der Waals surface area contributed by atoms with Crippen LogP contribution in [0.15, 0.2) is 9.59 Å². The smallest absolute Gasteiger partial charge is 0.388 e. The second-order valence-corrected chi connectivity index (χ2v) is 3.49. The Kier molecular flexibility index (Phi) is 6.42. The van der Waals surface area contributed by atoms with E-state index in [1.54, 1.807) is 0 Å². The maximum absolute atomic E-state index is 11.4. The van der Waals surface area contributed by atoms with E-state index in [0.717, 1.165) is 0 Å². The van der Waals surface area contributed by atoms with Crippen molar-refractivity contribution in [2.24, 2.45) is 0 Å². The van der Waals surface area contributed by atoms with Gasteiger partial charge in [-0.25, -0.2) is 0 Å². The molecule has 5 nitrogen and oxygen atoms in total. The summed E-state index contributed by atoms with van der Waals surface area (Å²) in [5, 5.41) is 0. The standard InChI is InChI=1S/C10H15N2O3.Li/c1-4-15-6-12-5-8(7(2)3)9(13)11-10(12)14;/h7H,4,6H2,1-3H3,(H,11,13,14);/q-1;+1. The molecule has 0 bridgehead atoms. The van der Waals surface area contributed by atoms with Gasteiger partial charge in [-0.05, 0) is 12.8 Å². The van der Waals surface area contributed by atoms with Crippen molar-refractivity contribution >= 4 is 0 Å². The third-order valence-electron chi connectivity index (χ3n) is 1.97. The molecule has 0 aromatic carbocycles. The zero-order valence-electron chi connectivity index (χ0n) is 10.2. The van der Waals surface area contributed by atoms with Crippen LogP contribution in [0.5, 0.6) is 0 Å². The number of nitrogens with zero attached hydrogens (tertiary/aromatic N) is 1. The molecule has 0 saturated carbocycles. The van der Waals surface area contributed by atoms with Crippen LogP contribution in [0.3, 0.4) is 0 Å². The molecule has 1 rings (SSSR count). The molecule has 0 aliphatic rings. The van der Waals surface area contributed by atoms with Crippen LogP contribution in [0, 0.1) is 6.20 Å². The molecule has 1 N–H and O–H groups in total. The molecule has 0 radical (unpaired) electrons. The maximum atomic E-state index is 11.4. The summed E-state index contributed by atoms with van der Waals surface area (Å²) < 4.78 is 6.32. The summed E-state index contributed by atoms with van der Waals surface area (Å²) in [5.41, 5.74) is -0.394. The number of nitrogens with one attached hydrogen (secondary N) is 1. The third kappa shape index (κ3) is 3.67. The number of H-pyrrole nitrogens is 1. The quantitative estimate of drug-likeness (QED) is 0.447. The van der Waals surface area contributed by atoms with Gasteiger partial charge in [-0.1, -0.05) is 25.6 Å². The number of aromatic nitrogens is 2. The molecule has 1 heterocycles. The molecular formula is C10H15LiN2O3. The summed E-state index contributed by atoms with van der Waals surface area (Å²) in [6.45, 7) is 6.20. The number of ether oxygens (including phenoxy) is 1. The topological polar surface area (TPSA) is 64.1 Å². The van der Waals surface area contributed by atoms with Crippen LogP contribution >= 0.6 is 0 Å². The average molecular weight is 218 g/mol. The fourth-order valence-corrected chi connectivity index (χ4v) is 1.14. The minimum absolute atomic E-state index is 0. The van der Waals surface area contributed by atoms with Crippen molar-refractivity contribution in [3.05, 3.63) is 32.6 Å². The van der Waals surface area contributed by atoms with Crippen LogP contribution in [0.1, 0.15) is 32.3 Å². The Bertz CT molecular complexity index is 436. The number of hydrogen-bond donors (Lipinski definition) is 1. The summed E-state index contributed by atoms with van der Waals surface area (Å²) in [5.74, 6) is 0.0298. The van der Waals surface area contributed by atoms with Crippen molar-refractivity contribution in [2.75, 3.05) is 6.61 Å². The van der Waals surface area contributed by atoms with Crippen molar-refractivity contribution in [1.82, 2.24) is 9.55 Å². The van der Waals surface area contributed by atoms with Gasteiger partial charge in [0.1, 0.15) is 12.3 Å². The molecule has 0 unspecified atom stereocenters. The first kappa shape index (κ1) is 15.2. The summed E-state index contributed by atoms with van der Waals surface area (Å²) in [4.78, 5) is 24.9. The van der Waals surface area contributed by atoms with Gasteiger partial charge in [0.2, 0.25) is 5.69 Å².